The number of hydrogen-bond acceptors (Lipinski definition) is 4. The molecule has 0 amide bonds. The highest BCUT2D eigenvalue weighted by Crippen LogP contribution is 2.22. The van der Waals surface area contributed by atoms with E-state index >= 15 is 0 Å². The largest absolute Gasteiger partial charge is 0.397 e. The zero-order valence-corrected chi connectivity index (χ0v) is 9.77. The number of nitrogens with two attached hydrogens (primary N) is 1. The minimum absolute atomic E-state index is 0.777. The molecule has 0 radical (unpaired) electrons. The zero-order valence-electron chi connectivity index (χ0n) is 8.95. The fourth-order valence-corrected chi connectivity index (χ4v) is 2.08. The molecule has 0 fully saturated rings. The van der Waals surface area contributed by atoms with Crippen LogP contribution in [0.15, 0.2) is 17.2 Å². The highest BCUT2D eigenvalue weighted by molar-refractivity contribution is 7.99. The Hall–Kier alpha value is -0.740. The van der Waals surface area contributed by atoms with Gasteiger partial charge in [-0.3, -0.25) is 0 Å². The lowest BCUT2D eigenvalue weighted by atomic mass is 10.3. The molecule has 0 spiro atoms. The van der Waals surface area contributed by atoms with Crippen LogP contribution in [-0.4, -0.2) is 36.3 Å². The van der Waals surface area contributed by atoms with Crippen molar-refractivity contribution >= 4 is 17.4 Å². The Labute approximate surface area is 89.7 Å². The summed E-state index contributed by atoms with van der Waals surface area (Å²) in [5.41, 5.74) is 7.61. The van der Waals surface area contributed by atoms with Crippen molar-refractivity contribution in [3.8, 4) is 0 Å². The van der Waals surface area contributed by atoms with E-state index in [1.165, 1.54) is 0 Å². The SMILES string of the molecule is Cc1ccc(N)c(SCCN(C)C)n1. The second kappa shape index (κ2) is 5.22. The maximum absolute atomic E-state index is 5.81. The fraction of sp³-hybridized carbons (Fsp3) is 0.500. The summed E-state index contributed by atoms with van der Waals surface area (Å²) in [6.45, 7) is 3.02. The third-order valence-corrected chi connectivity index (χ3v) is 2.79. The lowest BCUT2D eigenvalue weighted by Crippen LogP contribution is -2.15. The standard InChI is InChI=1S/C10H17N3S/c1-8-4-5-9(11)10(12-8)14-7-6-13(2)3/h4-5H,6-7,11H2,1-3H3. The first-order valence-corrected chi connectivity index (χ1v) is 5.59. The van der Waals surface area contributed by atoms with Gasteiger partial charge in [0.15, 0.2) is 0 Å². The van der Waals surface area contributed by atoms with Crippen molar-refractivity contribution in [1.82, 2.24) is 9.88 Å². The molecule has 0 saturated heterocycles. The normalized spacial score (nSPS) is 10.9. The van der Waals surface area contributed by atoms with Crippen LogP contribution < -0.4 is 5.73 Å². The number of nitrogen functional groups attached to an aromatic ring is 1. The molecule has 0 unspecified atom stereocenters. The first kappa shape index (κ1) is 11.3. The van der Waals surface area contributed by atoms with Gasteiger partial charge in [0, 0.05) is 18.0 Å². The van der Waals surface area contributed by atoms with E-state index in [9.17, 15) is 0 Å². The van der Waals surface area contributed by atoms with Crippen molar-refractivity contribution in [2.24, 2.45) is 0 Å². The number of pyridine rings is 1. The molecule has 1 rings (SSSR count). The minimum atomic E-state index is 0.777. The van der Waals surface area contributed by atoms with Crippen LogP contribution in [0.1, 0.15) is 5.69 Å². The Bertz CT molecular complexity index is 299. The monoisotopic (exact) mass is 211 g/mol. The second-order valence-corrected chi connectivity index (χ2v) is 4.58. The van der Waals surface area contributed by atoms with Crippen LogP contribution in [0.2, 0.25) is 0 Å². The van der Waals surface area contributed by atoms with E-state index in [1.54, 1.807) is 11.8 Å². The Balaban J connectivity index is 2.53. The summed E-state index contributed by atoms with van der Waals surface area (Å²) >= 11 is 1.71. The van der Waals surface area contributed by atoms with Gasteiger partial charge in [-0.25, -0.2) is 4.98 Å². The average molecular weight is 211 g/mol. The Morgan fingerprint density at radius 2 is 2.14 bits per heavy atom. The molecule has 78 valence electrons. The van der Waals surface area contributed by atoms with Gasteiger partial charge in [-0.2, -0.15) is 0 Å². The van der Waals surface area contributed by atoms with Crippen molar-refractivity contribution in [2.75, 3.05) is 32.1 Å². The predicted molar refractivity (Wildman–Crippen MR) is 62.7 cm³/mol. The van der Waals surface area contributed by atoms with Crippen LogP contribution in [0.3, 0.4) is 0 Å². The van der Waals surface area contributed by atoms with Gasteiger partial charge in [0.2, 0.25) is 0 Å². The number of hydrogen-bond donors (Lipinski definition) is 1. The lowest BCUT2D eigenvalue weighted by molar-refractivity contribution is 0.437. The van der Waals surface area contributed by atoms with Gasteiger partial charge in [0.05, 0.1) is 5.69 Å². The number of aromatic nitrogens is 1. The molecule has 0 atom stereocenters. The van der Waals surface area contributed by atoms with Crippen LogP contribution in [-0.2, 0) is 0 Å². The molecule has 0 bridgehead atoms. The Morgan fingerprint density at radius 1 is 1.43 bits per heavy atom. The zero-order chi connectivity index (χ0) is 10.6. The van der Waals surface area contributed by atoms with E-state index in [0.29, 0.717) is 0 Å². The van der Waals surface area contributed by atoms with Gasteiger partial charge < -0.3 is 10.6 Å². The first-order valence-electron chi connectivity index (χ1n) is 4.60. The molecule has 2 N–H and O–H groups in total. The smallest absolute Gasteiger partial charge is 0.119 e. The topological polar surface area (TPSA) is 42.1 Å². The maximum Gasteiger partial charge on any atom is 0.119 e. The molecule has 0 saturated carbocycles. The summed E-state index contributed by atoms with van der Waals surface area (Å²) in [5, 5.41) is 0.951. The van der Waals surface area contributed by atoms with Crippen LogP contribution in [0.25, 0.3) is 0 Å². The molecule has 0 aliphatic carbocycles. The molecule has 0 aromatic carbocycles. The summed E-state index contributed by atoms with van der Waals surface area (Å²) in [7, 11) is 4.13. The molecular weight excluding hydrogens is 194 g/mol. The van der Waals surface area contributed by atoms with E-state index in [4.69, 9.17) is 5.73 Å². The highest BCUT2D eigenvalue weighted by atomic mass is 32.2. The summed E-state index contributed by atoms with van der Waals surface area (Å²) in [6.07, 6.45) is 0. The third-order valence-electron chi connectivity index (χ3n) is 1.81. The van der Waals surface area contributed by atoms with Gasteiger partial charge in [-0.05, 0) is 33.2 Å². The molecule has 14 heavy (non-hydrogen) atoms. The molecule has 1 aromatic heterocycles. The van der Waals surface area contributed by atoms with Crippen LogP contribution in [0, 0.1) is 6.92 Å². The van der Waals surface area contributed by atoms with Gasteiger partial charge in [0.25, 0.3) is 0 Å². The first-order chi connectivity index (χ1) is 6.59. The van der Waals surface area contributed by atoms with Gasteiger partial charge in [-0.1, -0.05) is 0 Å². The summed E-state index contributed by atoms with van der Waals surface area (Å²) in [4.78, 5) is 6.54. The molecule has 4 heteroatoms. The van der Waals surface area contributed by atoms with Crippen molar-refractivity contribution in [2.45, 2.75) is 11.9 Å². The molecule has 3 nitrogen and oxygen atoms in total. The quantitative estimate of drug-likeness (QED) is 0.769. The third kappa shape index (κ3) is 3.55. The van der Waals surface area contributed by atoms with Crippen LogP contribution in [0.5, 0.6) is 0 Å². The number of aryl methyl sites for hydroxylation is 1. The summed E-state index contributed by atoms with van der Waals surface area (Å²) in [6, 6.07) is 3.85. The molecule has 0 aliphatic heterocycles. The minimum Gasteiger partial charge on any atom is -0.397 e. The Kier molecular flexibility index (Phi) is 4.22. The average Bonchev–Trinajstić information content (AvgIpc) is 2.10. The van der Waals surface area contributed by atoms with Crippen LogP contribution >= 0.6 is 11.8 Å². The van der Waals surface area contributed by atoms with Gasteiger partial charge in [-0.15, -0.1) is 11.8 Å². The predicted octanol–water partition coefficient (Wildman–Crippen LogP) is 1.63. The lowest BCUT2D eigenvalue weighted by Gasteiger charge is -2.09. The van der Waals surface area contributed by atoms with Crippen molar-refractivity contribution in [3.05, 3.63) is 17.8 Å². The second-order valence-electron chi connectivity index (χ2n) is 3.50. The molecule has 0 aliphatic rings. The summed E-state index contributed by atoms with van der Waals surface area (Å²) in [5.74, 6) is 1.02. The van der Waals surface area contributed by atoms with E-state index in [-0.39, 0.29) is 0 Å². The summed E-state index contributed by atoms with van der Waals surface area (Å²) < 4.78 is 0. The highest BCUT2D eigenvalue weighted by Gasteiger charge is 2.01. The fourth-order valence-electron chi connectivity index (χ4n) is 0.984. The van der Waals surface area contributed by atoms with Crippen molar-refractivity contribution in [3.63, 3.8) is 0 Å². The van der Waals surface area contributed by atoms with E-state index in [0.717, 1.165) is 28.7 Å². The maximum atomic E-state index is 5.81. The number of anilines is 1. The number of nitrogens with zero attached hydrogens (tertiary/aromatic N) is 2. The van der Waals surface area contributed by atoms with Crippen LogP contribution in [0.4, 0.5) is 5.69 Å². The molecule has 1 heterocycles. The number of rotatable bonds is 4. The Morgan fingerprint density at radius 3 is 2.79 bits per heavy atom. The number of thioether (sulfide) groups is 1. The van der Waals surface area contributed by atoms with Gasteiger partial charge in [0.1, 0.15) is 5.03 Å². The van der Waals surface area contributed by atoms with E-state index in [2.05, 4.69) is 24.0 Å². The molecular formula is C10H17N3S. The van der Waals surface area contributed by atoms with E-state index < -0.39 is 0 Å². The van der Waals surface area contributed by atoms with E-state index in [1.807, 2.05) is 19.1 Å². The van der Waals surface area contributed by atoms with Crippen molar-refractivity contribution < 1.29 is 0 Å². The van der Waals surface area contributed by atoms with Gasteiger partial charge >= 0.3 is 0 Å². The van der Waals surface area contributed by atoms with Crippen molar-refractivity contribution in [1.29, 1.82) is 0 Å². The molecule has 1 aromatic rings.